The number of nitro groups is 2. The first-order valence-corrected chi connectivity index (χ1v) is 13.8. The molecule has 15 heteroatoms. The molecule has 14 nitrogen and oxygen atoms in total. The van der Waals surface area contributed by atoms with Gasteiger partial charge in [0.25, 0.3) is 11.4 Å². The number of ether oxygens (including phenoxy) is 2. The van der Waals surface area contributed by atoms with Crippen LogP contribution in [0.1, 0.15) is 24.0 Å². The Morgan fingerprint density at radius 2 is 1.48 bits per heavy atom. The van der Waals surface area contributed by atoms with E-state index in [2.05, 4.69) is 12.6 Å². The van der Waals surface area contributed by atoms with Crippen molar-refractivity contribution in [1.82, 2.24) is 14.7 Å². The molecule has 2 saturated heterocycles. The molecule has 0 N–H and O–H groups in total. The third-order valence-corrected chi connectivity index (χ3v) is 7.63. The first-order chi connectivity index (χ1) is 20.0. The second-order valence-corrected chi connectivity index (χ2v) is 11.1. The van der Waals surface area contributed by atoms with Gasteiger partial charge in [-0.15, -0.1) is 0 Å². The number of thiol groups is 1. The van der Waals surface area contributed by atoms with Crippen molar-refractivity contribution in [2.24, 2.45) is 5.92 Å². The topological polar surface area (TPSA) is 166 Å². The first kappa shape index (κ1) is 30.6. The molecule has 0 radical (unpaired) electrons. The summed E-state index contributed by atoms with van der Waals surface area (Å²) in [6.07, 6.45) is -0.152. The molecule has 2 aromatic rings. The van der Waals surface area contributed by atoms with E-state index in [1.165, 1.54) is 58.3 Å². The predicted octanol–water partition coefficient (Wildman–Crippen LogP) is 3.63. The van der Waals surface area contributed by atoms with Crippen LogP contribution in [0.15, 0.2) is 48.5 Å². The van der Waals surface area contributed by atoms with Crippen molar-refractivity contribution in [2.45, 2.75) is 37.3 Å². The van der Waals surface area contributed by atoms with Gasteiger partial charge < -0.3 is 19.3 Å². The van der Waals surface area contributed by atoms with E-state index in [0.29, 0.717) is 43.6 Å². The normalized spacial score (nSPS) is 19.8. The Balaban J connectivity index is 1.25. The number of hydrogen-bond donors (Lipinski definition) is 1. The molecule has 4 rings (SSSR count). The molecular formula is C27H31N5O9S. The van der Waals surface area contributed by atoms with Gasteiger partial charge in [0.15, 0.2) is 0 Å². The van der Waals surface area contributed by atoms with Crippen molar-refractivity contribution in [3.8, 4) is 0 Å². The van der Waals surface area contributed by atoms with E-state index in [-0.39, 0.29) is 48.2 Å². The quantitative estimate of drug-likeness (QED) is 0.257. The average molecular weight is 602 g/mol. The molecule has 2 heterocycles. The molecule has 0 unspecified atom stereocenters. The van der Waals surface area contributed by atoms with Crippen molar-refractivity contribution in [3.05, 3.63) is 79.9 Å². The van der Waals surface area contributed by atoms with Gasteiger partial charge >= 0.3 is 12.2 Å². The van der Waals surface area contributed by atoms with Gasteiger partial charge in [-0.25, -0.2) is 9.59 Å². The predicted molar refractivity (Wildman–Crippen MR) is 152 cm³/mol. The fourth-order valence-electron chi connectivity index (χ4n) is 5.02. The van der Waals surface area contributed by atoms with E-state index >= 15 is 0 Å². The molecule has 0 aliphatic carbocycles. The Morgan fingerprint density at radius 3 is 2.02 bits per heavy atom. The molecule has 2 aliphatic rings. The number of carbonyl (C=O) groups excluding carboxylic acids is 3. The Hall–Kier alpha value is -4.40. The Morgan fingerprint density at radius 1 is 0.929 bits per heavy atom. The zero-order valence-corrected chi connectivity index (χ0v) is 23.8. The standard InChI is InChI=1S/C27H31N5O9S/c1-28(26(34)40-16-18-2-6-21(7-3-18)31(36)37)13-20-10-11-29(14-20)25(33)24-12-23(42)15-30(24)27(35)41-17-19-4-8-22(9-5-19)32(38)39/h2-9,20,23-24,42H,10-17H2,1H3/t20-,23-,24-/m0/s1. The van der Waals surface area contributed by atoms with Crippen molar-refractivity contribution in [3.63, 3.8) is 0 Å². The summed E-state index contributed by atoms with van der Waals surface area (Å²) in [6.45, 7) is 1.39. The van der Waals surface area contributed by atoms with E-state index in [1.54, 1.807) is 11.9 Å². The van der Waals surface area contributed by atoms with E-state index in [9.17, 15) is 34.6 Å². The maximum Gasteiger partial charge on any atom is 0.410 e. The second-order valence-electron chi connectivity index (χ2n) is 10.3. The van der Waals surface area contributed by atoms with Crippen LogP contribution >= 0.6 is 12.6 Å². The second kappa shape index (κ2) is 13.5. The Labute approximate surface area is 246 Å². The van der Waals surface area contributed by atoms with Gasteiger partial charge in [-0.3, -0.25) is 29.9 Å². The van der Waals surface area contributed by atoms with Crippen molar-refractivity contribution >= 4 is 42.1 Å². The molecule has 0 aromatic heterocycles. The van der Waals surface area contributed by atoms with Crippen LogP contribution in [0.5, 0.6) is 0 Å². The summed E-state index contributed by atoms with van der Waals surface area (Å²) in [6, 6.07) is 10.7. The van der Waals surface area contributed by atoms with Gasteiger partial charge in [0.05, 0.1) is 9.85 Å². The van der Waals surface area contributed by atoms with E-state index in [4.69, 9.17) is 9.47 Å². The monoisotopic (exact) mass is 601 g/mol. The first-order valence-electron chi connectivity index (χ1n) is 13.3. The van der Waals surface area contributed by atoms with Crippen LogP contribution in [0, 0.1) is 26.1 Å². The van der Waals surface area contributed by atoms with Gasteiger partial charge in [-0.2, -0.15) is 12.6 Å². The van der Waals surface area contributed by atoms with E-state index in [0.717, 1.165) is 0 Å². The lowest BCUT2D eigenvalue weighted by Gasteiger charge is -2.27. The number of amides is 3. The van der Waals surface area contributed by atoms with Crippen LogP contribution in [0.25, 0.3) is 0 Å². The molecule has 3 atom stereocenters. The van der Waals surface area contributed by atoms with Crippen LogP contribution in [0.2, 0.25) is 0 Å². The number of carbonyl (C=O) groups is 3. The molecule has 3 amide bonds. The van der Waals surface area contributed by atoms with Gasteiger partial charge in [-0.1, -0.05) is 0 Å². The zero-order valence-electron chi connectivity index (χ0n) is 22.9. The third-order valence-electron chi connectivity index (χ3n) is 7.26. The van der Waals surface area contributed by atoms with Crippen LogP contribution in [-0.4, -0.2) is 87.2 Å². The lowest BCUT2D eigenvalue weighted by Crippen LogP contribution is -2.47. The number of likely N-dealkylation sites (tertiary alicyclic amines) is 2. The van der Waals surface area contributed by atoms with Crippen molar-refractivity contribution in [1.29, 1.82) is 0 Å². The molecule has 2 fully saturated rings. The summed E-state index contributed by atoms with van der Waals surface area (Å²) >= 11 is 4.48. The summed E-state index contributed by atoms with van der Waals surface area (Å²) in [7, 11) is 1.60. The van der Waals surface area contributed by atoms with Crippen LogP contribution in [0.4, 0.5) is 21.0 Å². The van der Waals surface area contributed by atoms with E-state index < -0.39 is 28.1 Å². The van der Waals surface area contributed by atoms with Crippen LogP contribution in [0.3, 0.4) is 0 Å². The number of nitro benzene ring substituents is 2. The van der Waals surface area contributed by atoms with Crippen LogP contribution in [-0.2, 0) is 27.5 Å². The van der Waals surface area contributed by atoms with Gasteiger partial charge in [0.1, 0.15) is 19.3 Å². The fraction of sp³-hybridized carbons (Fsp3) is 0.444. The fourth-order valence-corrected chi connectivity index (χ4v) is 5.39. The van der Waals surface area contributed by atoms with Gasteiger partial charge in [0, 0.05) is 62.7 Å². The smallest absolute Gasteiger partial charge is 0.410 e. The number of rotatable bonds is 9. The maximum atomic E-state index is 13.4. The summed E-state index contributed by atoms with van der Waals surface area (Å²) in [5.74, 6) is -0.189. The van der Waals surface area contributed by atoms with E-state index in [1.807, 2.05) is 0 Å². The largest absolute Gasteiger partial charge is 0.445 e. The summed E-state index contributed by atoms with van der Waals surface area (Å²) in [4.78, 5) is 63.8. The van der Waals surface area contributed by atoms with Gasteiger partial charge in [0.2, 0.25) is 5.91 Å². The van der Waals surface area contributed by atoms with Crippen molar-refractivity contribution < 1.29 is 33.7 Å². The SMILES string of the molecule is CN(C[C@@H]1CCN(C(=O)[C@@H]2C[C@H](S)CN2C(=O)OCc2ccc([N+](=O)[O-])cc2)C1)C(=O)OCc1ccc([N+](=O)[O-])cc1. The highest BCUT2D eigenvalue weighted by molar-refractivity contribution is 7.81. The summed E-state index contributed by atoms with van der Waals surface area (Å²) < 4.78 is 10.7. The molecule has 0 saturated carbocycles. The van der Waals surface area contributed by atoms with Crippen molar-refractivity contribution in [2.75, 3.05) is 33.2 Å². The number of benzene rings is 2. The molecule has 224 valence electrons. The lowest BCUT2D eigenvalue weighted by molar-refractivity contribution is -0.385. The number of nitrogens with zero attached hydrogens (tertiary/aromatic N) is 5. The molecule has 0 bridgehead atoms. The average Bonchev–Trinajstić information content (AvgIpc) is 3.61. The molecule has 2 aliphatic heterocycles. The summed E-state index contributed by atoms with van der Waals surface area (Å²) in [5, 5.41) is 21.4. The van der Waals surface area contributed by atoms with Crippen LogP contribution < -0.4 is 0 Å². The minimum atomic E-state index is -0.722. The molecule has 2 aromatic carbocycles. The highest BCUT2D eigenvalue weighted by atomic mass is 32.1. The Bertz CT molecular complexity index is 1320. The zero-order chi connectivity index (χ0) is 30.4. The van der Waals surface area contributed by atoms with Gasteiger partial charge in [-0.05, 0) is 54.2 Å². The Kier molecular flexibility index (Phi) is 9.83. The minimum Gasteiger partial charge on any atom is -0.445 e. The number of non-ortho nitro benzene ring substituents is 2. The molecular weight excluding hydrogens is 570 g/mol. The summed E-state index contributed by atoms with van der Waals surface area (Å²) in [5.41, 5.74) is 1.08. The lowest BCUT2D eigenvalue weighted by atomic mass is 10.1. The minimum absolute atomic E-state index is 0.0154. The number of hydrogen-bond acceptors (Lipinski definition) is 10. The third kappa shape index (κ3) is 7.66. The maximum absolute atomic E-state index is 13.4. The molecule has 0 spiro atoms. The highest BCUT2D eigenvalue weighted by Crippen LogP contribution is 2.27. The molecule has 42 heavy (non-hydrogen) atoms. The highest BCUT2D eigenvalue weighted by Gasteiger charge is 2.42.